The van der Waals surface area contributed by atoms with Crippen molar-refractivity contribution >= 4 is 5.91 Å². The number of carbonyl (C=O) groups is 1. The number of amides is 1. The summed E-state index contributed by atoms with van der Waals surface area (Å²) in [6.07, 6.45) is 0.936. The minimum Gasteiger partial charge on any atom is -0.350 e. The van der Waals surface area contributed by atoms with E-state index in [-0.39, 0.29) is 17.5 Å². The fourth-order valence-corrected chi connectivity index (χ4v) is 1.19. The van der Waals surface area contributed by atoms with Crippen molar-refractivity contribution in [1.82, 2.24) is 10.6 Å². The molecule has 1 amide bonds. The summed E-state index contributed by atoms with van der Waals surface area (Å²) in [6, 6.07) is 0.216. The van der Waals surface area contributed by atoms with Crippen LogP contribution in [-0.4, -0.2) is 23.5 Å². The Kier molecular flexibility index (Phi) is 6.01. The minimum absolute atomic E-state index is 0.0827. The summed E-state index contributed by atoms with van der Waals surface area (Å²) < 4.78 is 0. The molecule has 0 spiro atoms. The van der Waals surface area contributed by atoms with Gasteiger partial charge in [-0.1, -0.05) is 20.8 Å². The van der Waals surface area contributed by atoms with E-state index in [0.717, 1.165) is 6.42 Å². The third kappa shape index (κ3) is 5.50. The molecule has 0 aromatic rings. The van der Waals surface area contributed by atoms with Crippen LogP contribution in [-0.2, 0) is 4.79 Å². The van der Waals surface area contributed by atoms with Gasteiger partial charge in [0.25, 0.3) is 0 Å². The molecule has 96 valence electrons. The maximum absolute atomic E-state index is 11.9. The molecule has 0 aliphatic carbocycles. The van der Waals surface area contributed by atoms with E-state index in [1.54, 1.807) is 0 Å². The van der Waals surface area contributed by atoms with Crippen molar-refractivity contribution in [3.8, 4) is 0 Å². The fourth-order valence-electron chi connectivity index (χ4n) is 1.19. The Morgan fingerprint density at radius 3 is 2.06 bits per heavy atom. The van der Waals surface area contributed by atoms with Gasteiger partial charge >= 0.3 is 0 Å². The van der Waals surface area contributed by atoms with Gasteiger partial charge in [-0.05, 0) is 40.0 Å². The monoisotopic (exact) mass is 228 g/mol. The molecule has 0 saturated carbocycles. The van der Waals surface area contributed by atoms with Crippen molar-refractivity contribution in [3.05, 3.63) is 0 Å². The average Bonchev–Trinajstić information content (AvgIpc) is 2.16. The van der Waals surface area contributed by atoms with E-state index in [1.165, 1.54) is 0 Å². The van der Waals surface area contributed by atoms with Crippen LogP contribution in [0.1, 0.15) is 54.9 Å². The van der Waals surface area contributed by atoms with Gasteiger partial charge in [0.05, 0.1) is 6.04 Å². The number of hydrogen-bond acceptors (Lipinski definition) is 2. The Bertz CT molecular complexity index is 224. The number of carbonyl (C=O) groups excluding carboxylic acids is 1. The van der Waals surface area contributed by atoms with E-state index >= 15 is 0 Å². The zero-order valence-corrected chi connectivity index (χ0v) is 11.8. The summed E-state index contributed by atoms with van der Waals surface area (Å²) in [5, 5.41) is 6.36. The SMILES string of the molecule is CCC(C)(C)NC(=O)C(C)NC(C)C(C)C. The minimum atomic E-state index is -0.136. The highest BCUT2D eigenvalue weighted by Gasteiger charge is 2.22. The summed E-state index contributed by atoms with van der Waals surface area (Å²) in [7, 11) is 0. The summed E-state index contributed by atoms with van der Waals surface area (Å²) in [5.74, 6) is 0.619. The normalized spacial score (nSPS) is 16.0. The summed E-state index contributed by atoms with van der Waals surface area (Å²) >= 11 is 0. The smallest absolute Gasteiger partial charge is 0.237 e. The Morgan fingerprint density at radius 2 is 1.69 bits per heavy atom. The molecule has 0 aliphatic heterocycles. The van der Waals surface area contributed by atoms with Crippen molar-refractivity contribution in [3.63, 3.8) is 0 Å². The summed E-state index contributed by atoms with van der Waals surface area (Å²) in [6.45, 7) is 14.5. The third-order valence-corrected chi connectivity index (χ3v) is 3.25. The van der Waals surface area contributed by atoms with Gasteiger partial charge in [0.2, 0.25) is 5.91 Å². The zero-order valence-electron chi connectivity index (χ0n) is 11.8. The number of rotatable bonds is 6. The topological polar surface area (TPSA) is 41.1 Å². The van der Waals surface area contributed by atoms with E-state index in [0.29, 0.717) is 12.0 Å². The molecule has 0 saturated heterocycles. The molecule has 2 N–H and O–H groups in total. The highest BCUT2D eigenvalue weighted by Crippen LogP contribution is 2.08. The second-order valence-electron chi connectivity index (χ2n) is 5.65. The largest absolute Gasteiger partial charge is 0.350 e. The van der Waals surface area contributed by atoms with Gasteiger partial charge in [-0.2, -0.15) is 0 Å². The Hall–Kier alpha value is -0.570. The average molecular weight is 228 g/mol. The lowest BCUT2D eigenvalue weighted by atomic mass is 10.0. The summed E-state index contributed by atoms with van der Waals surface area (Å²) in [5.41, 5.74) is -0.117. The standard InChI is InChI=1S/C13H28N2O/c1-8-13(6,7)15-12(16)11(5)14-10(4)9(2)3/h9-11,14H,8H2,1-7H3,(H,15,16). The molecular weight excluding hydrogens is 200 g/mol. The van der Waals surface area contributed by atoms with E-state index < -0.39 is 0 Å². The zero-order chi connectivity index (χ0) is 12.9. The van der Waals surface area contributed by atoms with Crippen molar-refractivity contribution in [2.45, 2.75) is 72.5 Å². The lowest BCUT2D eigenvalue weighted by Crippen LogP contribution is -2.52. The van der Waals surface area contributed by atoms with Gasteiger partial charge < -0.3 is 10.6 Å². The lowest BCUT2D eigenvalue weighted by molar-refractivity contribution is -0.124. The van der Waals surface area contributed by atoms with Crippen LogP contribution in [0, 0.1) is 5.92 Å². The van der Waals surface area contributed by atoms with Crippen LogP contribution in [0.25, 0.3) is 0 Å². The Morgan fingerprint density at radius 1 is 1.19 bits per heavy atom. The van der Waals surface area contributed by atoms with Crippen molar-refractivity contribution in [1.29, 1.82) is 0 Å². The molecule has 0 rings (SSSR count). The molecule has 16 heavy (non-hydrogen) atoms. The number of nitrogens with one attached hydrogen (secondary N) is 2. The molecule has 2 unspecified atom stereocenters. The maximum atomic E-state index is 11.9. The molecule has 0 heterocycles. The first-order chi connectivity index (χ1) is 7.19. The van der Waals surface area contributed by atoms with Gasteiger partial charge in [0.1, 0.15) is 0 Å². The molecule has 0 fully saturated rings. The highest BCUT2D eigenvalue weighted by atomic mass is 16.2. The van der Waals surface area contributed by atoms with E-state index in [9.17, 15) is 4.79 Å². The Balaban J connectivity index is 4.19. The molecule has 3 nitrogen and oxygen atoms in total. The van der Waals surface area contributed by atoms with Crippen LogP contribution in [0.2, 0.25) is 0 Å². The quantitative estimate of drug-likeness (QED) is 0.732. The molecule has 2 atom stereocenters. The van der Waals surface area contributed by atoms with Crippen molar-refractivity contribution in [2.24, 2.45) is 5.92 Å². The summed E-state index contributed by atoms with van der Waals surface area (Å²) in [4.78, 5) is 11.9. The van der Waals surface area contributed by atoms with Crippen LogP contribution >= 0.6 is 0 Å². The van der Waals surface area contributed by atoms with Crippen LogP contribution in [0.4, 0.5) is 0 Å². The highest BCUT2D eigenvalue weighted by molar-refractivity contribution is 5.82. The first kappa shape index (κ1) is 15.4. The first-order valence-corrected chi connectivity index (χ1v) is 6.27. The first-order valence-electron chi connectivity index (χ1n) is 6.27. The lowest BCUT2D eigenvalue weighted by Gasteiger charge is -2.28. The second-order valence-corrected chi connectivity index (χ2v) is 5.65. The Labute approximate surface area is 100 Å². The van der Waals surface area contributed by atoms with Crippen LogP contribution < -0.4 is 10.6 Å². The van der Waals surface area contributed by atoms with E-state index in [2.05, 4.69) is 38.3 Å². The number of hydrogen-bond donors (Lipinski definition) is 2. The van der Waals surface area contributed by atoms with Crippen LogP contribution in [0.15, 0.2) is 0 Å². The van der Waals surface area contributed by atoms with Crippen LogP contribution in [0.3, 0.4) is 0 Å². The van der Waals surface area contributed by atoms with Gasteiger partial charge in [-0.15, -0.1) is 0 Å². The molecule has 0 bridgehead atoms. The van der Waals surface area contributed by atoms with Gasteiger partial charge in [-0.25, -0.2) is 0 Å². The second kappa shape index (κ2) is 6.24. The molecular formula is C13H28N2O. The van der Waals surface area contributed by atoms with Gasteiger partial charge in [0, 0.05) is 11.6 Å². The molecule has 0 aromatic carbocycles. The van der Waals surface area contributed by atoms with Crippen molar-refractivity contribution in [2.75, 3.05) is 0 Å². The molecule has 3 heteroatoms. The van der Waals surface area contributed by atoms with E-state index in [1.807, 2.05) is 20.8 Å². The molecule has 0 aromatic heterocycles. The molecule has 0 aliphatic rings. The van der Waals surface area contributed by atoms with Gasteiger partial charge in [-0.3, -0.25) is 4.79 Å². The predicted octanol–water partition coefficient (Wildman–Crippen LogP) is 2.31. The predicted molar refractivity (Wildman–Crippen MR) is 69.4 cm³/mol. The van der Waals surface area contributed by atoms with Gasteiger partial charge in [0.15, 0.2) is 0 Å². The van der Waals surface area contributed by atoms with Crippen molar-refractivity contribution < 1.29 is 4.79 Å². The fraction of sp³-hybridized carbons (Fsp3) is 0.923. The van der Waals surface area contributed by atoms with Crippen LogP contribution in [0.5, 0.6) is 0 Å². The van der Waals surface area contributed by atoms with E-state index in [4.69, 9.17) is 0 Å². The third-order valence-electron chi connectivity index (χ3n) is 3.25. The molecule has 0 radical (unpaired) electrons. The maximum Gasteiger partial charge on any atom is 0.237 e.